The molecule has 0 atom stereocenters. The Morgan fingerprint density at radius 2 is 1.43 bits per heavy atom. The summed E-state index contributed by atoms with van der Waals surface area (Å²) in [6.07, 6.45) is 2.54. The van der Waals surface area contributed by atoms with E-state index >= 15 is 0 Å². The van der Waals surface area contributed by atoms with Gasteiger partial charge in [-0.2, -0.15) is 0 Å². The molecule has 0 bridgehead atoms. The van der Waals surface area contributed by atoms with Crippen LogP contribution in [0.1, 0.15) is 11.1 Å². The molecule has 0 spiro atoms. The molecule has 0 aliphatic heterocycles. The molecule has 0 N–H and O–H groups in total. The maximum Gasteiger partial charge on any atom is 0.162 e. The molecule has 0 unspecified atom stereocenters. The molecule has 0 aliphatic carbocycles. The summed E-state index contributed by atoms with van der Waals surface area (Å²) in [5, 5.41) is 0.870. The van der Waals surface area contributed by atoms with Crippen molar-refractivity contribution in [1.29, 1.82) is 0 Å². The summed E-state index contributed by atoms with van der Waals surface area (Å²) in [5.41, 5.74) is 3.15. The number of fused-ring (bicyclic) bond motifs is 1. The molecule has 0 fully saturated rings. The molecule has 3 aromatic carbocycles. The first-order chi connectivity index (χ1) is 13.8. The minimum Gasteiger partial charge on any atom is -0.493 e. The average Bonchev–Trinajstić information content (AvgIpc) is 2.75. The van der Waals surface area contributed by atoms with Gasteiger partial charge in [0.25, 0.3) is 0 Å². The summed E-state index contributed by atoms with van der Waals surface area (Å²) in [6.45, 7) is 0. The van der Waals surface area contributed by atoms with Crippen molar-refractivity contribution in [3.8, 4) is 23.0 Å². The molecule has 4 rings (SSSR count). The molecule has 4 aromatic rings. The fourth-order valence-electron chi connectivity index (χ4n) is 3.22. The normalized spacial score (nSPS) is 10.6. The van der Waals surface area contributed by atoms with Crippen LogP contribution in [-0.4, -0.2) is 19.2 Å². The fourth-order valence-corrected chi connectivity index (χ4v) is 3.22. The van der Waals surface area contributed by atoms with Gasteiger partial charge in [0.15, 0.2) is 11.5 Å². The van der Waals surface area contributed by atoms with E-state index in [1.807, 2.05) is 42.5 Å². The highest BCUT2D eigenvalue weighted by molar-refractivity contribution is 5.88. The van der Waals surface area contributed by atoms with Crippen LogP contribution < -0.4 is 14.2 Å². The molecule has 0 saturated carbocycles. The summed E-state index contributed by atoms with van der Waals surface area (Å²) in [5.74, 6) is 2.84. The summed E-state index contributed by atoms with van der Waals surface area (Å²) in [7, 11) is 3.24. The minimum atomic E-state index is 0.643. The smallest absolute Gasteiger partial charge is 0.162 e. The number of rotatable bonds is 6. The van der Waals surface area contributed by atoms with Crippen molar-refractivity contribution >= 4 is 10.9 Å². The third kappa shape index (κ3) is 3.62. The van der Waals surface area contributed by atoms with Crippen LogP contribution in [0.2, 0.25) is 0 Å². The highest BCUT2D eigenvalue weighted by Crippen LogP contribution is 2.37. The van der Waals surface area contributed by atoms with Crippen LogP contribution in [-0.2, 0) is 6.42 Å². The van der Waals surface area contributed by atoms with E-state index in [4.69, 9.17) is 14.2 Å². The Hall–Kier alpha value is -3.53. The van der Waals surface area contributed by atoms with Crippen LogP contribution in [0.25, 0.3) is 10.9 Å². The standard InChI is InChI=1S/C24H21NO3/c1-26-23-15-19-20(16-24(23)27-2)25-13-12-22(19)28-21-11-7-6-10-18(21)14-17-8-4-3-5-9-17/h3-13,15-16H,14H2,1-2H3. The molecule has 4 nitrogen and oxygen atoms in total. The predicted molar refractivity (Wildman–Crippen MR) is 111 cm³/mol. The van der Waals surface area contributed by atoms with Gasteiger partial charge in [-0.25, -0.2) is 0 Å². The number of methoxy groups -OCH3 is 2. The first-order valence-electron chi connectivity index (χ1n) is 9.09. The van der Waals surface area contributed by atoms with E-state index in [2.05, 4.69) is 35.3 Å². The van der Waals surface area contributed by atoms with Crippen molar-refractivity contribution < 1.29 is 14.2 Å². The van der Waals surface area contributed by atoms with Gasteiger partial charge in [-0.05, 0) is 29.3 Å². The number of nitrogens with zero attached hydrogens (tertiary/aromatic N) is 1. The summed E-state index contributed by atoms with van der Waals surface area (Å²) < 4.78 is 17.2. The van der Waals surface area contributed by atoms with E-state index in [0.717, 1.165) is 34.4 Å². The first-order valence-corrected chi connectivity index (χ1v) is 9.09. The second kappa shape index (κ2) is 8.01. The Morgan fingerprint density at radius 1 is 0.714 bits per heavy atom. The Bertz CT molecular complexity index is 1090. The number of ether oxygens (including phenoxy) is 3. The predicted octanol–water partition coefficient (Wildman–Crippen LogP) is 5.64. The van der Waals surface area contributed by atoms with E-state index in [9.17, 15) is 0 Å². The molecule has 1 heterocycles. The molecule has 4 heteroatoms. The Labute approximate surface area is 164 Å². The SMILES string of the molecule is COc1cc2nccc(Oc3ccccc3Cc3ccccc3)c2cc1OC. The Kier molecular flexibility index (Phi) is 5.11. The minimum absolute atomic E-state index is 0.643. The van der Waals surface area contributed by atoms with Crippen molar-refractivity contribution in [2.45, 2.75) is 6.42 Å². The average molecular weight is 371 g/mol. The second-order valence-corrected chi connectivity index (χ2v) is 6.41. The Morgan fingerprint density at radius 3 is 2.21 bits per heavy atom. The zero-order valence-electron chi connectivity index (χ0n) is 15.9. The van der Waals surface area contributed by atoms with Gasteiger partial charge in [-0.3, -0.25) is 4.98 Å². The van der Waals surface area contributed by atoms with Crippen LogP contribution in [0.4, 0.5) is 0 Å². The number of aromatic nitrogens is 1. The van der Waals surface area contributed by atoms with Gasteiger partial charge in [-0.1, -0.05) is 48.5 Å². The van der Waals surface area contributed by atoms with Crippen molar-refractivity contribution in [2.75, 3.05) is 14.2 Å². The van der Waals surface area contributed by atoms with Crippen LogP contribution in [0.5, 0.6) is 23.0 Å². The maximum atomic E-state index is 6.33. The van der Waals surface area contributed by atoms with Crippen LogP contribution in [0, 0.1) is 0 Å². The number of para-hydroxylation sites is 1. The maximum absolute atomic E-state index is 6.33. The fraction of sp³-hybridized carbons (Fsp3) is 0.125. The van der Waals surface area contributed by atoms with Gasteiger partial charge >= 0.3 is 0 Å². The zero-order chi connectivity index (χ0) is 19.3. The number of hydrogen-bond acceptors (Lipinski definition) is 4. The van der Waals surface area contributed by atoms with Gasteiger partial charge in [-0.15, -0.1) is 0 Å². The van der Waals surface area contributed by atoms with Gasteiger partial charge in [0.1, 0.15) is 11.5 Å². The molecule has 0 saturated heterocycles. The van der Waals surface area contributed by atoms with E-state index in [1.165, 1.54) is 5.56 Å². The molecule has 1 aromatic heterocycles. The summed E-state index contributed by atoms with van der Waals surface area (Å²) >= 11 is 0. The highest BCUT2D eigenvalue weighted by atomic mass is 16.5. The number of pyridine rings is 1. The third-order valence-corrected chi connectivity index (χ3v) is 4.64. The van der Waals surface area contributed by atoms with Crippen LogP contribution >= 0.6 is 0 Å². The lowest BCUT2D eigenvalue weighted by atomic mass is 10.0. The molecule has 0 aliphatic rings. The van der Waals surface area contributed by atoms with Gasteiger partial charge < -0.3 is 14.2 Å². The quantitative estimate of drug-likeness (QED) is 0.440. The molecular weight excluding hydrogens is 350 g/mol. The molecule has 28 heavy (non-hydrogen) atoms. The Balaban J connectivity index is 1.73. The van der Waals surface area contributed by atoms with E-state index in [1.54, 1.807) is 20.4 Å². The van der Waals surface area contributed by atoms with Gasteiger partial charge in [0.05, 0.1) is 19.7 Å². The lowest BCUT2D eigenvalue weighted by molar-refractivity contribution is 0.355. The van der Waals surface area contributed by atoms with E-state index in [0.29, 0.717) is 11.5 Å². The van der Waals surface area contributed by atoms with Crippen molar-refractivity contribution in [3.63, 3.8) is 0 Å². The monoisotopic (exact) mass is 371 g/mol. The molecular formula is C24H21NO3. The van der Waals surface area contributed by atoms with E-state index in [-0.39, 0.29) is 0 Å². The third-order valence-electron chi connectivity index (χ3n) is 4.64. The lowest BCUT2D eigenvalue weighted by Gasteiger charge is -2.14. The number of hydrogen-bond donors (Lipinski definition) is 0. The summed E-state index contributed by atoms with van der Waals surface area (Å²) in [4.78, 5) is 4.44. The van der Waals surface area contributed by atoms with E-state index < -0.39 is 0 Å². The van der Waals surface area contributed by atoms with Gasteiger partial charge in [0, 0.05) is 24.1 Å². The zero-order valence-corrected chi connectivity index (χ0v) is 15.9. The largest absolute Gasteiger partial charge is 0.493 e. The van der Waals surface area contributed by atoms with Crippen molar-refractivity contribution in [2.24, 2.45) is 0 Å². The highest BCUT2D eigenvalue weighted by Gasteiger charge is 2.12. The number of benzene rings is 3. The summed E-state index contributed by atoms with van der Waals surface area (Å²) in [6, 6.07) is 24.1. The van der Waals surface area contributed by atoms with Crippen molar-refractivity contribution in [1.82, 2.24) is 4.98 Å². The second-order valence-electron chi connectivity index (χ2n) is 6.41. The van der Waals surface area contributed by atoms with Crippen LogP contribution in [0.3, 0.4) is 0 Å². The first kappa shape index (κ1) is 17.9. The van der Waals surface area contributed by atoms with Crippen molar-refractivity contribution in [3.05, 3.63) is 90.1 Å². The van der Waals surface area contributed by atoms with Gasteiger partial charge in [0.2, 0.25) is 0 Å². The lowest BCUT2D eigenvalue weighted by Crippen LogP contribution is -1.96. The molecule has 140 valence electrons. The topological polar surface area (TPSA) is 40.6 Å². The molecule has 0 radical (unpaired) electrons. The molecule has 0 amide bonds. The van der Waals surface area contributed by atoms with Crippen LogP contribution in [0.15, 0.2) is 79.0 Å².